The molecule has 1 amide bonds. The largest absolute Gasteiger partial charge is 0.392 e. The molecule has 1 saturated heterocycles. The smallest absolute Gasteiger partial charge is 0.257 e. The lowest BCUT2D eigenvalue weighted by molar-refractivity contribution is 0.101. The van der Waals surface area contributed by atoms with E-state index in [4.69, 9.17) is 0 Å². The number of anilines is 1. The van der Waals surface area contributed by atoms with Gasteiger partial charge < -0.3 is 10.4 Å². The predicted octanol–water partition coefficient (Wildman–Crippen LogP) is 2.10. The fraction of sp³-hybridized carbons (Fsp3) is 0.316. The van der Waals surface area contributed by atoms with Crippen LogP contribution in [0.5, 0.6) is 0 Å². The molecule has 130 valence electrons. The van der Waals surface area contributed by atoms with Gasteiger partial charge in [0, 0.05) is 43.3 Å². The summed E-state index contributed by atoms with van der Waals surface area (Å²) < 4.78 is 0. The Kier molecular flexibility index (Phi) is 5.21. The van der Waals surface area contributed by atoms with Crippen molar-refractivity contribution in [2.24, 2.45) is 0 Å². The zero-order valence-electron chi connectivity index (χ0n) is 14.1. The zero-order chi connectivity index (χ0) is 17.8. The molecular weight excluding hydrogens is 318 g/mol. The van der Waals surface area contributed by atoms with Gasteiger partial charge in [0.05, 0.1) is 11.7 Å². The third-order valence-electron chi connectivity index (χ3n) is 4.25. The number of hydrogen-bond donors (Lipinski definition) is 2. The second kappa shape index (κ2) is 7.55. The van der Waals surface area contributed by atoms with Gasteiger partial charge in [-0.2, -0.15) is 0 Å². The van der Waals surface area contributed by atoms with Crippen molar-refractivity contribution in [1.82, 2.24) is 9.88 Å². The highest BCUT2D eigenvalue weighted by Gasteiger charge is 2.20. The van der Waals surface area contributed by atoms with Crippen molar-refractivity contribution in [3.8, 4) is 0 Å². The fourth-order valence-corrected chi connectivity index (χ4v) is 2.92. The van der Waals surface area contributed by atoms with Gasteiger partial charge in [-0.05, 0) is 37.1 Å². The first-order valence-corrected chi connectivity index (χ1v) is 8.28. The Balaban J connectivity index is 1.68. The Hall–Kier alpha value is -2.57. The Morgan fingerprint density at radius 3 is 2.80 bits per heavy atom. The zero-order valence-corrected chi connectivity index (χ0v) is 14.1. The number of carbonyl (C=O) groups excluding carboxylic acids is 2. The van der Waals surface area contributed by atoms with Gasteiger partial charge in [0.25, 0.3) is 5.91 Å². The molecule has 0 bridgehead atoms. The van der Waals surface area contributed by atoms with Crippen molar-refractivity contribution in [3.05, 3.63) is 59.4 Å². The van der Waals surface area contributed by atoms with Gasteiger partial charge in [-0.25, -0.2) is 0 Å². The van der Waals surface area contributed by atoms with Crippen LogP contribution in [-0.2, 0) is 6.54 Å². The molecule has 2 heterocycles. The average molecular weight is 339 g/mol. The molecule has 2 aromatic rings. The van der Waals surface area contributed by atoms with Gasteiger partial charge >= 0.3 is 0 Å². The van der Waals surface area contributed by atoms with Gasteiger partial charge in [0.15, 0.2) is 5.78 Å². The summed E-state index contributed by atoms with van der Waals surface area (Å²) in [6.45, 7) is 3.74. The van der Waals surface area contributed by atoms with E-state index in [9.17, 15) is 14.7 Å². The molecule has 0 aliphatic carbocycles. The molecule has 25 heavy (non-hydrogen) atoms. The van der Waals surface area contributed by atoms with Crippen LogP contribution in [0.4, 0.5) is 5.69 Å². The first-order valence-electron chi connectivity index (χ1n) is 8.28. The molecule has 0 saturated carbocycles. The number of carbonyl (C=O) groups is 2. The third kappa shape index (κ3) is 4.49. The van der Waals surface area contributed by atoms with E-state index in [-0.39, 0.29) is 17.8 Å². The lowest BCUT2D eigenvalue weighted by Gasteiger charge is -2.15. The summed E-state index contributed by atoms with van der Waals surface area (Å²) in [5, 5.41) is 12.5. The molecular formula is C19H21N3O3. The average Bonchev–Trinajstić information content (AvgIpc) is 3.00. The summed E-state index contributed by atoms with van der Waals surface area (Å²) in [6, 6.07) is 9.17. The number of β-amino-alcohol motifs (C(OH)–C–C–N with tert-alkyl or cyclic N) is 1. The number of nitrogens with zero attached hydrogens (tertiary/aromatic N) is 2. The second-order valence-corrected chi connectivity index (χ2v) is 6.35. The number of likely N-dealkylation sites (tertiary alicyclic amines) is 1. The molecule has 6 nitrogen and oxygen atoms in total. The standard InChI is InChI=1S/C19H21N3O3/c1-13(23)15-8-16(10-20-9-15)19(25)21-17-4-2-3-14(7-17)11-22-6-5-18(24)12-22/h2-4,7-10,18,24H,5-6,11-12H2,1H3,(H,21,25). The fourth-order valence-electron chi connectivity index (χ4n) is 2.92. The van der Waals surface area contributed by atoms with Crippen molar-refractivity contribution in [1.29, 1.82) is 0 Å². The van der Waals surface area contributed by atoms with Crippen molar-refractivity contribution >= 4 is 17.4 Å². The first kappa shape index (κ1) is 17.3. The van der Waals surface area contributed by atoms with Crippen molar-refractivity contribution in [2.75, 3.05) is 18.4 Å². The number of pyridine rings is 1. The van der Waals surface area contributed by atoms with E-state index in [1.165, 1.54) is 19.3 Å². The summed E-state index contributed by atoms with van der Waals surface area (Å²) in [4.78, 5) is 29.9. The van der Waals surface area contributed by atoms with Crippen LogP contribution in [0.15, 0.2) is 42.7 Å². The van der Waals surface area contributed by atoms with E-state index in [0.29, 0.717) is 23.4 Å². The molecule has 6 heteroatoms. The topological polar surface area (TPSA) is 82.5 Å². The van der Waals surface area contributed by atoms with Crippen LogP contribution in [0.25, 0.3) is 0 Å². The molecule has 1 aliphatic heterocycles. The first-order chi connectivity index (χ1) is 12.0. The number of nitrogens with one attached hydrogen (secondary N) is 1. The number of amides is 1. The molecule has 2 N–H and O–H groups in total. The van der Waals surface area contributed by atoms with Gasteiger partial charge in [-0.15, -0.1) is 0 Å². The summed E-state index contributed by atoms with van der Waals surface area (Å²) >= 11 is 0. The Morgan fingerprint density at radius 2 is 2.08 bits per heavy atom. The number of aliphatic hydroxyl groups excluding tert-OH is 1. The number of ketones is 1. The van der Waals surface area contributed by atoms with Crippen LogP contribution in [0.2, 0.25) is 0 Å². The van der Waals surface area contributed by atoms with Crippen molar-refractivity contribution in [2.45, 2.75) is 26.0 Å². The maximum Gasteiger partial charge on any atom is 0.257 e. The van der Waals surface area contributed by atoms with Crippen LogP contribution in [-0.4, -0.2) is 45.9 Å². The number of benzene rings is 1. The minimum atomic E-state index is -0.302. The highest BCUT2D eigenvalue weighted by Crippen LogP contribution is 2.17. The maximum atomic E-state index is 12.4. The van der Waals surface area contributed by atoms with Crippen molar-refractivity contribution < 1.29 is 14.7 Å². The predicted molar refractivity (Wildman–Crippen MR) is 94.5 cm³/mol. The molecule has 1 aromatic heterocycles. The highest BCUT2D eigenvalue weighted by molar-refractivity contribution is 6.05. The summed E-state index contributed by atoms with van der Waals surface area (Å²) in [7, 11) is 0. The molecule has 0 radical (unpaired) electrons. The summed E-state index contributed by atoms with van der Waals surface area (Å²) in [5.74, 6) is -0.429. The summed E-state index contributed by atoms with van der Waals surface area (Å²) in [5.41, 5.74) is 2.52. The maximum absolute atomic E-state index is 12.4. The van der Waals surface area contributed by atoms with Gasteiger partial charge in [0.1, 0.15) is 0 Å². The number of aromatic nitrogens is 1. The van der Waals surface area contributed by atoms with E-state index in [2.05, 4.69) is 15.2 Å². The lowest BCUT2D eigenvalue weighted by atomic mass is 10.1. The molecule has 1 unspecified atom stereocenters. The number of hydrogen-bond acceptors (Lipinski definition) is 5. The number of aliphatic hydroxyl groups is 1. The van der Waals surface area contributed by atoms with Crippen LogP contribution in [0.3, 0.4) is 0 Å². The van der Waals surface area contributed by atoms with Crippen LogP contribution in [0, 0.1) is 0 Å². The second-order valence-electron chi connectivity index (χ2n) is 6.35. The minimum absolute atomic E-state index is 0.128. The number of rotatable bonds is 5. The van der Waals surface area contributed by atoms with E-state index >= 15 is 0 Å². The monoisotopic (exact) mass is 339 g/mol. The van der Waals surface area contributed by atoms with Crippen LogP contribution in [0.1, 0.15) is 39.6 Å². The Bertz CT molecular complexity index is 791. The molecule has 3 rings (SSSR count). The van der Waals surface area contributed by atoms with Gasteiger partial charge in [-0.1, -0.05) is 12.1 Å². The van der Waals surface area contributed by atoms with Crippen LogP contribution < -0.4 is 5.32 Å². The molecule has 1 atom stereocenters. The normalized spacial score (nSPS) is 17.4. The third-order valence-corrected chi connectivity index (χ3v) is 4.25. The van der Waals surface area contributed by atoms with Gasteiger partial charge in [0.2, 0.25) is 0 Å². The lowest BCUT2D eigenvalue weighted by Crippen LogP contribution is -2.21. The molecule has 1 fully saturated rings. The van der Waals surface area contributed by atoms with E-state index in [1.54, 1.807) is 6.07 Å². The van der Waals surface area contributed by atoms with E-state index in [1.807, 2.05) is 24.3 Å². The molecule has 1 aliphatic rings. The Labute approximate surface area is 146 Å². The molecule has 0 spiro atoms. The van der Waals surface area contributed by atoms with Gasteiger partial charge in [-0.3, -0.25) is 19.5 Å². The van der Waals surface area contributed by atoms with E-state index < -0.39 is 0 Å². The highest BCUT2D eigenvalue weighted by atomic mass is 16.3. The van der Waals surface area contributed by atoms with Crippen LogP contribution >= 0.6 is 0 Å². The SMILES string of the molecule is CC(=O)c1cncc(C(=O)Nc2cccc(CN3CCC(O)C3)c2)c1. The van der Waals surface area contributed by atoms with E-state index in [0.717, 1.165) is 25.1 Å². The quantitative estimate of drug-likeness (QED) is 0.815. The Morgan fingerprint density at radius 1 is 1.28 bits per heavy atom. The minimum Gasteiger partial charge on any atom is -0.392 e. The molecule has 1 aromatic carbocycles. The number of Topliss-reactive ketones (excluding diaryl/α,β-unsaturated/α-hetero) is 1. The summed E-state index contributed by atoms with van der Waals surface area (Å²) in [6.07, 6.45) is 3.45. The van der Waals surface area contributed by atoms with Crippen molar-refractivity contribution in [3.63, 3.8) is 0 Å².